The minimum Gasteiger partial charge on any atom is -0.339 e. The molecule has 0 saturated carbocycles. The summed E-state index contributed by atoms with van der Waals surface area (Å²) < 4.78 is 0. The van der Waals surface area contributed by atoms with Gasteiger partial charge in [0.2, 0.25) is 5.91 Å². The summed E-state index contributed by atoms with van der Waals surface area (Å²) >= 11 is 0. The molecule has 1 amide bonds. The second-order valence-corrected chi connectivity index (χ2v) is 5.76. The summed E-state index contributed by atoms with van der Waals surface area (Å²) in [6, 6.07) is 10.6. The Bertz CT molecular complexity index is 440. The Kier molecular flexibility index (Phi) is 4.81. The fourth-order valence-corrected chi connectivity index (χ4v) is 3.26. The predicted molar refractivity (Wildman–Crippen MR) is 82.7 cm³/mol. The van der Waals surface area contributed by atoms with Crippen LogP contribution in [0.1, 0.15) is 39.2 Å². The van der Waals surface area contributed by atoms with Gasteiger partial charge in [0.25, 0.3) is 0 Å². The molecular formula is C17H26N2O. The van der Waals surface area contributed by atoms with Crippen molar-refractivity contribution in [2.45, 2.75) is 45.1 Å². The Hall–Kier alpha value is -1.35. The quantitative estimate of drug-likeness (QED) is 0.915. The summed E-state index contributed by atoms with van der Waals surface area (Å²) in [6.45, 7) is 8.91. The third-order valence-corrected chi connectivity index (χ3v) is 4.60. The molecule has 110 valence electrons. The molecule has 0 aromatic heterocycles. The van der Waals surface area contributed by atoms with Crippen molar-refractivity contribution in [2.24, 2.45) is 0 Å². The molecule has 1 aliphatic heterocycles. The molecule has 1 atom stereocenters. The molecule has 1 N–H and O–H groups in total. The van der Waals surface area contributed by atoms with E-state index in [1.54, 1.807) is 0 Å². The molecule has 0 radical (unpaired) electrons. The lowest BCUT2D eigenvalue weighted by Crippen LogP contribution is -2.56. The number of amides is 1. The highest BCUT2D eigenvalue weighted by Gasteiger charge is 2.40. The second-order valence-electron chi connectivity index (χ2n) is 5.76. The molecule has 1 unspecified atom stereocenters. The zero-order chi connectivity index (χ0) is 14.6. The molecule has 1 fully saturated rings. The van der Waals surface area contributed by atoms with Crippen LogP contribution in [-0.4, -0.2) is 36.5 Å². The second kappa shape index (κ2) is 6.40. The molecule has 0 bridgehead atoms. The number of rotatable bonds is 4. The molecule has 3 heteroatoms. The average Bonchev–Trinajstić information content (AvgIpc) is 2.50. The van der Waals surface area contributed by atoms with Gasteiger partial charge in [-0.3, -0.25) is 4.79 Å². The lowest BCUT2D eigenvalue weighted by atomic mass is 9.74. The van der Waals surface area contributed by atoms with Gasteiger partial charge >= 0.3 is 0 Å². The molecule has 1 aromatic carbocycles. The highest BCUT2D eigenvalue weighted by atomic mass is 16.2. The van der Waals surface area contributed by atoms with E-state index in [1.807, 2.05) is 23.1 Å². The molecule has 0 aliphatic carbocycles. The Morgan fingerprint density at radius 3 is 2.50 bits per heavy atom. The fourth-order valence-electron chi connectivity index (χ4n) is 3.26. The van der Waals surface area contributed by atoms with E-state index in [0.29, 0.717) is 11.9 Å². The van der Waals surface area contributed by atoms with Crippen LogP contribution in [0, 0.1) is 0 Å². The Morgan fingerprint density at radius 2 is 1.95 bits per heavy atom. The van der Waals surface area contributed by atoms with E-state index in [0.717, 1.165) is 38.0 Å². The lowest BCUT2D eigenvalue weighted by Gasteiger charge is -2.40. The van der Waals surface area contributed by atoms with Crippen molar-refractivity contribution in [3.8, 4) is 0 Å². The lowest BCUT2D eigenvalue weighted by molar-refractivity contribution is -0.139. The van der Waals surface area contributed by atoms with Gasteiger partial charge in [0.1, 0.15) is 0 Å². The third-order valence-electron chi connectivity index (χ3n) is 4.60. The van der Waals surface area contributed by atoms with Gasteiger partial charge in [-0.2, -0.15) is 0 Å². The first kappa shape index (κ1) is 15.0. The molecule has 1 aromatic rings. The minimum absolute atomic E-state index is 0.294. The van der Waals surface area contributed by atoms with Crippen LogP contribution in [0.4, 0.5) is 0 Å². The van der Waals surface area contributed by atoms with E-state index < -0.39 is 0 Å². The van der Waals surface area contributed by atoms with Gasteiger partial charge in [-0.1, -0.05) is 44.2 Å². The van der Waals surface area contributed by atoms with Gasteiger partial charge in [0.15, 0.2) is 0 Å². The molecule has 1 saturated heterocycles. The number of hydrogen-bond acceptors (Lipinski definition) is 2. The van der Waals surface area contributed by atoms with Crippen LogP contribution in [-0.2, 0) is 10.2 Å². The van der Waals surface area contributed by atoms with Gasteiger partial charge < -0.3 is 10.2 Å². The van der Waals surface area contributed by atoms with Crippen LogP contribution in [0.2, 0.25) is 0 Å². The van der Waals surface area contributed by atoms with Crippen molar-refractivity contribution in [3.05, 3.63) is 35.9 Å². The van der Waals surface area contributed by atoms with E-state index in [4.69, 9.17) is 0 Å². The smallest absolute Gasteiger partial charge is 0.233 e. The number of nitrogens with one attached hydrogen (secondary N) is 1. The maximum atomic E-state index is 13.1. The highest BCUT2D eigenvalue weighted by molar-refractivity contribution is 5.88. The maximum absolute atomic E-state index is 13.1. The Balaban J connectivity index is 2.30. The summed E-state index contributed by atoms with van der Waals surface area (Å²) in [5, 5.41) is 3.40. The monoisotopic (exact) mass is 274 g/mol. The van der Waals surface area contributed by atoms with E-state index in [9.17, 15) is 4.79 Å². The van der Waals surface area contributed by atoms with Crippen molar-refractivity contribution < 1.29 is 4.79 Å². The molecule has 20 heavy (non-hydrogen) atoms. The number of piperazine rings is 1. The first-order valence-electron chi connectivity index (χ1n) is 7.72. The zero-order valence-electron chi connectivity index (χ0n) is 12.9. The van der Waals surface area contributed by atoms with E-state index in [2.05, 4.69) is 38.2 Å². The van der Waals surface area contributed by atoms with Crippen molar-refractivity contribution in [2.75, 3.05) is 19.6 Å². The fraction of sp³-hybridized carbons (Fsp3) is 0.588. The summed E-state index contributed by atoms with van der Waals surface area (Å²) in [7, 11) is 0. The van der Waals surface area contributed by atoms with Gasteiger partial charge in [0.05, 0.1) is 5.41 Å². The molecule has 0 spiro atoms. The first-order chi connectivity index (χ1) is 9.64. The molecule has 2 rings (SSSR count). The Labute approximate surface area is 122 Å². The number of hydrogen-bond donors (Lipinski definition) is 1. The maximum Gasteiger partial charge on any atom is 0.233 e. The van der Waals surface area contributed by atoms with Crippen LogP contribution in [0.25, 0.3) is 0 Å². The van der Waals surface area contributed by atoms with Crippen LogP contribution < -0.4 is 5.32 Å². The number of carbonyl (C=O) groups is 1. The minimum atomic E-state index is -0.363. The van der Waals surface area contributed by atoms with Gasteiger partial charge in [-0.25, -0.2) is 0 Å². The van der Waals surface area contributed by atoms with E-state index in [1.165, 1.54) is 0 Å². The summed E-state index contributed by atoms with van der Waals surface area (Å²) in [4.78, 5) is 15.2. The summed E-state index contributed by atoms with van der Waals surface area (Å²) in [5.41, 5.74) is 0.791. The Morgan fingerprint density at radius 1 is 1.30 bits per heavy atom. The summed E-state index contributed by atoms with van der Waals surface area (Å²) in [5.74, 6) is 0.294. The SMILES string of the molecule is CCC(CC)(C(=O)N1CCNC(C)C1)c1ccccc1. The largest absolute Gasteiger partial charge is 0.339 e. The van der Waals surface area contributed by atoms with Crippen molar-refractivity contribution in [1.29, 1.82) is 0 Å². The first-order valence-corrected chi connectivity index (χ1v) is 7.72. The van der Waals surface area contributed by atoms with Crippen molar-refractivity contribution >= 4 is 5.91 Å². The van der Waals surface area contributed by atoms with Crippen LogP contribution >= 0.6 is 0 Å². The third kappa shape index (κ3) is 2.73. The standard InChI is InChI=1S/C17H26N2O/c1-4-17(5-2,15-9-7-6-8-10-15)16(20)19-12-11-18-14(3)13-19/h6-10,14,18H,4-5,11-13H2,1-3H3. The number of benzene rings is 1. The van der Waals surface area contributed by atoms with Crippen LogP contribution in [0.3, 0.4) is 0 Å². The van der Waals surface area contributed by atoms with Crippen molar-refractivity contribution in [1.82, 2.24) is 10.2 Å². The van der Waals surface area contributed by atoms with E-state index >= 15 is 0 Å². The highest BCUT2D eigenvalue weighted by Crippen LogP contribution is 2.34. The van der Waals surface area contributed by atoms with Crippen LogP contribution in [0.15, 0.2) is 30.3 Å². The van der Waals surface area contributed by atoms with Crippen LogP contribution in [0.5, 0.6) is 0 Å². The average molecular weight is 274 g/mol. The molecule has 1 heterocycles. The molecule has 3 nitrogen and oxygen atoms in total. The molecular weight excluding hydrogens is 248 g/mol. The summed E-state index contributed by atoms with van der Waals surface area (Å²) in [6.07, 6.45) is 1.70. The normalized spacial score (nSPS) is 19.9. The van der Waals surface area contributed by atoms with Crippen molar-refractivity contribution in [3.63, 3.8) is 0 Å². The topological polar surface area (TPSA) is 32.3 Å². The number of nitrogens with zero attached hydrogens (tertiary/aromatic N) is 1. The van der Waals surface area contributed by atoms with Gasteiger partial charge in [-0.15, -0.1) is 0 Å². The van der Waals surface area contributed by atoms with Gasteiger partial charge in [0, 0.05) is 25.7 Å². The molecule has 1 aliphatic rings. The number of carbonyl (C=O) groups excluding carboxylic acids is 1. The van der Waals surface area contributed by atoms with E-state index in [-0.39, 0.29) is 5.41 Å². The van der Waals surface area contributed by atoms with Gasteiger partial charge in [-0.05, 0) is 25.3 Å². The predicted octanol–water partition coefficient (Wildman–Crippen LogP) is 2.56. The zero-order valence-corrected chi connectivity index (χ0v) is 12.9.